The van der Waals surface area contributed by atoms with Crippen LogP contribution in [-0.4, -0.2) is 30.4 Å². The highest BCUT2D eigenvalue weighted by Gasteiger charge is 2.35. The lowest BCUT2D eigenvalue weighted by Gasteiger charge is -2.43. The number of rotatable bonds is 2. The topological polar surface area (TPSA) is 46.3 Å². The molecular weight excluding hydrogens is 248 g/mol. The van der Waals surface area contributed by atoms with Gasteiger partial charge in [-0.3, -0.25) is 4.79 Å². The summed E-state index contributed by atoms with van der Waals surface area (Å²) in [6, 6.07) is 0. The Morgan fingerprint density at radius 3 is 2.35 bits per heavy atom. The van der Waals surface area contributed by atoms with Gasteiger partial charge in [0.25, 0.3) is 0 Å². The lowest BCUT2D eigenvalue weighted by Crippen LogP contribution is -2.47. The Kier molecular flexibility index (Phi) is 4.65. The van der Waals surface area contributed by atoms with Crippen LogP contribution in [0.4, 0.5) is 0 Å². The summed E-state index contributed by atoms with van der Waals surface area (Å²) >= 11 is 0. The van der Waals surface area contributed by atoms with E-state index in [0.717, 1.165) is 57.2 Å². The van der Waals surface area contributed by atoms with Gasteiger partial charge >= 0.3 is 0 Å². The minimum absolute atomic E-state index is 0.304. The van der Waals surface area contributed by atoms with Crippen LogP contribution in [0.5, 0.6) is 0 Å². The molecule has 2 saturated carbocycles. The Hall–Kier alpha value is -0.570. The van der Waals surface area contributed by atoms with Crippen LogP contribution >= 0.6 is 0 Å². The summed E-state index contributed by atoms with van der Waals surface area (Å²) in [7, 11) is 0. The summed E-state index contributed by atoms with van der Waals surface area (Å²) in [5, 5.41) is 0. The Bertz CT molecular complexity index is 336. The molecule has 1 heterocycles. The molecule has 1 amide bonds. The van der Waals surface area contributed by atoms with Crippen LogP contribution in [0.1, 0.15) is 57.8 Å². The monoisotopic (exact) mass is 278 g/mol. The van der Waals surface area contributed by atoms with E-state index in [1.54, 1.807) is 0 Å². The SMILES string of the molecule is NCC1CCC(C(=O)N2CCC3CCCCC3C2)CC1. The average Bonchev–Trinajstić information content (AvgIpc) is 2.54. The standard InChI is InChI=1S/C17H30N2O/c18-11-13-5-7-15(8-6-13)17(20)19-10-9-14-3-1-2-4-16(14)12-19/h13-16H,1-12,18H2. The van der Waals surface area contributed by atoms with Gasteiger partial charge in [0, 0.05) is 19.0 Å². The third-order valence-electron chi connectivity index (χ3n) is 6.13. The smallest absolute Gasteiger partial charge is 0.225 e. The van der Waals surface area contributed by atoms with Crippen molar-refractivity contribution < 1.29 is 4.79 Å². The molecule has 114 valence electrons. The number of carbonyl (C=O) groups is 1. The van der Waals surface area contributed by atoms with Gasteiger partial charge < -0.3 is 10.6 Å². The zero-order valence-electron chi connectivity index (χ0n) is 12.7. The average molecular weight is 278 g/mol. The highest BCUT2D eigenvalue weighted by Crippen LogP contribution is 2.37. The Balaban J connectivity index is 1.52. The van der Waals surface area contributed by atoms with Gasteiger partial charge in [0.2, 0.25) is 5.91 Å². The molecule has 0 spiro atoms. The van der Waals surface area contributed by atoms with E-state index in [9.17, 15) is 4.79 Å². The molecule has 2 unspecified atom stereocenters. The summed E-state index contributed by atoms with van der Waals surface area (Å²) in [5.41, 5.74) is 5.75. The summed E-state index contributed by atoms with van der Waals surface area (Å²) in [5.74, 6) is 3.16. The minimum atomic E-state index is 0.304. The molecule has 2 aliphatic carbocycles. The van der Waals surface area contributed by atoms with Crippen molar-refractivity contribution in [2.45, 2.75) is 57.8 Å². The van der Waals surface area contributed by atoms with E-state index in [1.807, 2.05) is 0 Å². The number of likely N-dealkylation sites (tertiary alicyclic amines) is 1. The van der Waals surface area contributed by atoms with Gasteiger partial charge in [-0.1, -0.05) is 19.3 Å². The fraction of sp³-hybridized carbons (Fsp3) is 0.941. The molecule has 0 aromatic rings. The fourth-order valence-electron chi connectivity index (χ4n) is 4.70. The first kappa shape index (κ1) is 14.4. The highest BCUT2D eigenvalue weighted by molar-refractivity contribution is 5.79. The predicted octanol–water partition coefficient (Wildman–Crippen LogP) is 2.79. The molecule has 2 atom stereocenters. The molecule has 3 aliphatic rings. The first-order valence-corrected chi connectivity index (χ1v) is 8.76. The molecule has 3 nitrogen and oxygen atoms in total. The molecule has 0 aromatic carbocycles. The first-order valence-electron chi connectivity index (χ1n) is 8.76. The normalized spacial score (nSPS) is 38.4. The van der Waals surface area contributed by atoms with E-state index in [4.69, 9.17) is 5.73 Å². The summed E-state index contributed by atoms with van der Waals surface area (Å²) in [6.07, 6.45) is 11.3. The van der Waals surface area contributed by atoms with Crippen molar-refractivity contribution in [3.05, 3.63) is 0 Å². The molecule has 3 fully saturated rings. The number of amides is 1. The first-order chi connectivity index (χ1) is 9.78. The largest absolute Gasteiger partial charge is 0.342 e. The van der Waals surface area contributed by atoms with E-state index in [-0.39, 0.29) is 0 Å². The third kappa shape index (κ3) is 3.03. The summed E-state index contributed by atoms with van der Waals surface area (Å²) < 4.78 is 0. The number of piperidine rings is 1. The van der Waals surface area contributed by atoms with Crippen molar-refractivity contribution in [2.24, 2.45) is 29.4 Å². The number of carbonyl (C=O) groups excluding carboxylic acids is 1. The fourth-order valence-corrected chi connectivity index (χ4v) is 4.70. The van der Waals surface area contributed by atoms with E-state index < -0.39 is 0 Å². The summed E-state index contributed by atoms with van der Waals surface area (Å²) in [4.78, 5) is 14.9. The molecule has 0 aromatic heterocycles. The van der Waals surface area contributed by atoms with Crippen LogP contribution in [0.2, 0.25) is 0 Å². The molecule has 3 heteroatoms. The van der Waals surface area contributed by atoms with Crippen LogP contribution in [0.15, 0.2) is 0 Å². The number of hydrogen-bond acceptors (Lipinski definition) is 2. The molecule has 20 heavy (non-hydrogen) atoms. The minimum Gasteiger partial charge on any atom is -0.342 e. The Labute approximate surface area is 123 Å². The third-order valence-corrected chi connectivity index (χ3v) is 6.13. The van der Waals surface area contributed by atoms with E-state index >= 15 is 0 Å². The van der Waals surface area contributed by atoms with Crippen LogP contribution < -0.4 is 5.73 Å². The van der Waals surface area contributed by atoms with Crippen LogP contribution in [0.3, 0.4) is 0 Å². The van der Waals surface area contributed by atoms with Gasteiger partial charge in [-0.05, 0) is 62.8 Å². The van der Waals surface area contributed by atoms with Crippen molar-refractivity contribution in [3.8, 4) is 0 Å². The van der Waals surface area contributed by atoms with Gasteiger partial charge in [-0.25, -0.2) is 0 Å². The van der Waals surface area contributed by atoms with E-state index in [0.29, 0.717) is 17.7 Å². The highest BCUT2D eigenvalue weighted by atomic mass is 16.2. The molecular formula is C17H30N2O. The zero-order chi connectivity index (χ0) is 13.9. The number of fused-ring (bicyclic) bond motifs is 1. The maximum absolute atomic E-state index is 12.7. The van der Waals surface area contributed by atoms with Gasteiger partial charge in [0.05, 0.1) is 0 Å². The Morgan fingerprint density at radius 1 is 0.950 bits per heavy atom. The van der Waals surface area contributed by atoms with Crippen molar-refractivity contribution >= 4 is 5.91 Å². The molecule has 1 saturated heterocycles. The molecule has 0 radical (unpaired) electrons. The van der Waals surface area contributed by atoms with Gasteiger partial charge in [0.1, 0.15) is 0 Å². The van der Waals surface area contributed by atoms with Gasteiger partial charge in [-0.2, -0.15) is 0 Å². The zero-order valence-corrected chi connectivity index (χ0v) is 12.7. The van der Waals surface area contributed by atoms with Crippen molar-refractivity contribution in [3.63, 3.8) is 0 Å². The van der Waals surface area contributed by atoms with Crippen LogP contribution in [-0.2, 0) is 4.79 Å². The second kappa shape index (κ2) is 6.46. The van der Waals surface area contributed by atoms with E-state index in [1.165, 1.54) is 32.1 Å². The predicted molar refractivity (Wildman–Crippen MR) is 81.1 cm³/mol. The molecule has 0 bridgehead atoms. The number of hydrogen-bond donors (Lipinski definition) is 1. The van der Waals surface area contributed by atoms with Gasteiger partial charge in [0.15, 0.2) is 0 Å². The maximum Gasteiger partial charge on any atom is 0.225 e. The molecule has 2 N–H and O–H groups in total. The lowest BCUT2D eigenvalue weighted by molar-refractivity contribution is -0.140. The maximum atomic E-state index is 12.7. The summed E-state index contributed by atoms with van der Waals surface area (Å²) in [6.45, 7) is 2.88. The van der Waals surface area contributed by atoms with Crippen molar-refractivity contribution in [1.82, 2.24) is 4.90 Å². The second-order valence-corrected chi connectivity index (χ2v) is 7.33. The quantitative estimate of drug-likeness (QED) is 0.844. The van der Waals surface area contributed by atoms with Crippen molar-refractivity contribution in [1.29, 1.82) is 0 Å². The molecule has 1 aliphatic heterocycles. The van der Waals surface area contributed by atoms with Gasteiger partial charge in [-0.15, -0.1) is 0 Å². The lowest BCUT2D eigenvalue weighted by atomic mass is 9.74. The number of nitrogens with zero attached hydrogens (tertiary/aromatic N) is 1. The van der Waals surface area contributed by atoms with Crippen molar-refractivity contribution in [2.75, 3.05) is 19.6 Å². The van der Waals surface area contributed by atoms with E-state index in [2.05, 4.69) is 4.90 Å². The second-order valence-electron chi connectivity index (χ2n) is 7.33. The Morgan fingerprint density at radius 2 is 1.65 bits per heavy atom. The number of nitrogens with two attached hydrogens (primary N) is 1. The van der Waals surface area contributed by atoms with Crippen LogP contribution in [0.25, 0.3) is 0 Å². The molecule has 3 rings (SSSR count). The van der Waals surface area contributed by atoms with Crippen LogP contribution in [0, 0.1) is 23.7 Å².